The number of nitrogen functional groups attached to an aromatic ring is 1. The van der Waals surface area contributed by atoms with E-state index in [0.717, 1.165) is 0 Å². The van der Waals surface area contributed by atoms with Crippen LogP contribution in [0.4, 0.5) is 11.6 Å². The van der Waals surface area contributed by atoms with Crippen molar-refractivity contribution in [3.63, 3.8) is 0 Å². The number of aliphatic carboxylic acids is 1. The van der Waals surface area contributed by atoms with Crippen LogP contribution in [-0.2, 0) is 11.3 Å². The molecule has 0 saturated heterocycles. The van der Waals surface area contributed by atoms with E-state index in [1.165, 1.54) is 18.3 Å². The number of aromatic amines is 1. The zero-order chi connectivity index (χ0) is 23.3. The van der Waals surface area contributed by atoms with Crippen LogP contribution in [0.25, 0.3) is 11.2 Å². The number of Topliss-reactive ketones (excluding diaryl/α,β-unsaturated/α-hetero) is 1. The first-order valence-corrected chi connectivity index (χ1v) is 9.87. The number of nitrogens with one attached hydrogen (secondary N) is 2. The molecule has 0 amide bonds. The second kappa shape index (κ2) is 9.49. The summed E-state index contributed by atoms with van der Waals surface area (Å²) in [6, 6.07) is 6.25. The molecule has 0 aliphatic heterocycles. The van der Waals surface area contributed by atoms with Gasteiger partial charge in [0.25, 0.3) is 5.56 Å². The number of carboxylic acid groups (broad SMARTS) is 1. The lowest BCUT2D eigenvalue weighted by molar-refractivity contribution is -0.141. The van der Waals surface area contributed by atoms with Crippen LogP contribution in [0.5, 0.6) is 0 Å². The summed E-state index contributed by atoms with van der Waals surface area (Å²) in [4.78, 5) is 51.0. The highest BCUT2D eigenvalue weighted by Gasteiger charge is 2.41. The molecular weight excluding hydrogens is 416 g/mol. The number of benzene rings is 1. The van der Waals surface area contributed by atoms with Crippen molar-refractivity contribution < 1.29 is 14.7 Å². The van der Waals surface area contributed by atoms with Crippen LogP contribution in [0.3, 0.4) is 0 Å². The summed E-state index contributed by atoms with van der Waals surface area (Å²) in [6.07, 6.45) is 2.48. The van der Waals surface area contributed by atoms with E-state index in [1.54, 1.807) is 12.1 Å². The predicted molar refractivity (Wildman–Crippen MR) is 118 cm³/mol. The Balaban J connectivity index is 1.70. The molecule has 3 aromatic rings. The van der Waals surface area contributed by atoms with E-state index in [2.05, 4.69) is 25.3 Å². The molecule has 0 bridgehead atoms. The molecule has 0 aliphatic carbocycles. The number of ketones is 1. The average molecular weight is 440 g/mol. The number of hydrogen-bond acceptors (Lipinski definition) is 10. The van der Waals surface area contributed by atoms with Gasteiger partial charge in [-0.1, -0.05) is 0 Å². The number of carbonyl (C=O) groups excluding carboxylic acids is 1. The summed E-state index contributed by atoms with van der Waals surface area (Å²) in [5, 5.41) is 12.6. The SMILES string of the molecule is NCCCCC(N)(C(=O)O)C(=O)c1ccc(NCc2cnc3nc(N)[nH]c(=O)c3n2)cc1. The molecule has 1 unspecified atom stereocenters. The fourth-order valence-corrected chi connectivity index (χ4v) is 3.11. The third-order valence-electron chi connectivity index (χ3n) is 4.92. The molecule has 32 heavy (non-hydrogen) atoms. The van der Waals surface area contributed by atoms with Gasteiger partial charge in [-0.25, -0.2) is 14.8 Å². The molecule has 12 nitrogen and oxygen atoms in total. The number of aromatic nitrogens is 4. The number of anilines is 2. The Labute approximate surface area is 182 Å². The van der Waals surface area contributed by atoms with E-state index in [4.69, 9.17) is 17.2 Å². The minimum absolute atomic E-state index is 0.00135. The number of hydrogen-bond donors (Lipinski definition) is 6. The predicted octanol–water partition coefficient (Wildman–Crippen LogP) is 0.00120. The van der Waals surface area contributed by atoms with Crippen molar-refractivity contribution in [2.45, 2.75) is 31.3 Å². The summed E-state index contributed by atoms with van der Waals surface area (Å²) < 4.78 is 0. The Kier molecular flexibility index (Phi) is 6.76. The second-order valence-electron chi connectivity index (χ2n) is 7.27. The maximum absolute atomic E-state index is 12.8. The molecule has 12 heteroatoms. The van der Waals surface area contributed by atoms with Crippen LogP contribution in [0.2, 0.25) is 0 Å². The van der Waals surface area contributed by atoms with Crippen molar-refractivity contribution in [1.82, 2.24) is 19.9 Å². The molecule has 168 valence electrons. The minimum atomic E-state index is -2.00. The van der Waals surface area contributed by atoms with E-state index >= 15 is 0 Å². The number of nitrogens with two attached hydrogens (primary N) is 3. The standard InChI is InChI=1S/C20H24N8O4/c21-8-2-1-7-20(23,18(31)32)15(29)11-3-5-12(6-4-11)24-9-13-10-25-16-14(26-13)17(30)28-19(22)27-16/h3-6,10,24H,1-2,7-9,21,23H2,(H,31,32)(H3,22,25,27,28,30). The topological polar surface area (TPSA) is 216 Å². The molecule has 0 saturated carbocycles. The number of unbranched alkanes of at least 4 members (excludes halogenated alkanes) is 1. The van der Waals surface area contributed by atoms with Crippen LogP contribution in [-0.4, -0.2) is 48.9 Å². The molecule has 1 aromatic carbocycles. The summed E-state index contributed by atoms with van der Waals surface area (Å²) in [5.74, 6) is -2.08. The molecule has 0 spiro atoms. The number of fused-ring (bicyclic) bond motifs is 1. The molecule has 2 heterocycles. The van der Waals surface area contributed by atoms with Gasteiger partial charge in [-0.05, 0) is 50.1 Å². The van der Waals surface area contributed by atoms with Crippen LogP contribution in [0.15, 0.2) is 35.3 Å². The first-order valence-electron chi connectivity index (χ1n) is 9.87. The Hall–Kier alpha value is -3.90. The minimum Gasteiger partial charge on any atom is -0.480 e. The van der Waals surface area contributed by atoms with Gasteiger partial charge >= 0.3 is 5.97 Å². The Morgan fingerprint density at radius 3 is 2.53 bits per heavy atom. The zero-order valence-corrected chi connectivity index (χ0v) is 17.2. The normalized spacial score (nSPS) is 12.9. The number of carboxylic acids is 1. The molecular formula is C20H24N8O4. The first kappa shape index (κ1) is 22.8. The van der Waals surface area contributed by atoms with Gasteiger partial charge in [0, 0.05) is 11.3 Å². The van der Waals surface area contributed by atoms with Crippen LogP contribution < -0.4 is 28.1 Å². The van der Waals surface area contributed by atoms with E-state index < -0.39 is 22.9 Å². The smallest absolute Gasteiger partial charge is 0.331 e. The third kappa shape index (κ3) is 4.87. The first-order chi connectivity index (χ1) is 15.2. The van der Waals surface area contributed by atoms with Crippen molar-refractivity contribution in [1.29, 1.82) is 0 Å². The molecule has 1 atom stereocenters. The van der Waals surface area contributed by atoms with Gasteiger partial charge in [-0.3, -0.25) is 14.6 Å². The highest BCUT2D eigenvalue weighted by Crippen LogP contribution is 2.20. The third-order valence-corrected chi connectivity index (χ3v) is 4.92. The summed E-state index contributed by atoms with van der Waals surface area (Å²) in [7, 11) is 0. The van der Waals surface area contributed by atoms with Crippen molar-refractivity contribution in [3.8, 4) is 0 Å². The van der Waals surface area contributed by atoms with E-state index in [9.17, 15) is 19.5 Å². The molecule has 0 radical (unpaired) electrons. The maximum Gasteiger partial charge on any atom is 0.331 e. The lowest BCUT2D eigenvalue weighted by atomic mass is 9.85. The number of H-pyrrole nitrogens is 1. The average Bonchev–Trinajstić information content (AvgIpc) is 2.77. The fraction of sp³-hybridized carbons (Fsp3) is 0.300. The van der Waals surface area contributed by atoms with Crippen molar-refractivity contribution >= 4 is 34.6 Å². The Bertz CT molecular complexity index is 1190. The van der Waals surface area contributed by atoms with Gasteiger partial charge < -0.3 is 27.6 Å². The Morgan fingerprint density at radius 2 is 1.88 bits per heavy atom. The van der Waals surface area contributed by atoms with E-state index in [0.29, 0.717) is 30.8 Å². The van der Waals surface area contributed by atoms with Gasteiger partial charge in [-0.15, -0.1) is 0 Å². The van der Waals surface area contributed by atoms with Gasteiger partial charge in [0.05, 0.1) is 18.4 Å². The molecule has 2 aromatic heterocycles. The highest BCUT2D eigenvalue weighted by atomic mass is 16.4. The van der Waals surface area contributed by atoms with Crippen molar-refractivity contribution in [2.75, 3.05) is 17.6 Å². The van der Waals surface area contributed by atoms with E-state index in [-0.39, 0.29) is 35.6 Å². The zero-order valence-electron chi connectivity index (χ0n) is 17.2. The van der Waals surface area contributed by atoms with Crippen LogP contribution in [0.1, 0.15) is 35.3 Å². The van der Waals surface area contributed by atoms with Crippen molar-refractivity contribution in [3.05, 3.63) is 52.1 Å². The van der Waals surface area contributed by atoms with Crippen LogP contribution in [0, 0.1) is 0 Å². The number of carbonyl (C=O) groups is 2. The lowest BCUT2D eigenvalue weighted by Crippen LogP contribution is -2.55. The van der Waals surface area contributed by atoms with Gasteiger partial charge in [0.15, 0.2) is 22.5 Å². The Morgan fingerprint density at radius 1 is 1.16 bits per heavy atom. The number of nitrogens with zero attached hydrogens (tertiary/aromatic N) is 3. The lowest BCUT2D eigenvalue weighted by Gasteiger charge is -2.23. The van der Waals surface area contributed by atoms with E-state index in [1.807, 2.05) is 0 Å². The monoisotopic (exact) mass is 440 g/mol. The van der Waals surface area contributed by atoms with Gasteiger partial charge in [0.2, 0.25) is 5.95 Å². The highest BCUT2D eigenvalue weighted by molar-refractivity contribution is 6.15. The van der Waals surface area contributed by atoms with Crippen molar-refractivity contribution in [2.24, 2.45) is 11.5 Å². The maximum atomic E-state index is 12.8. The van der Waals surface area contributed by atoms with Crippen LogP contribution >= 0.6 is 0 Å². The second-order valence-corrected chi connectivity index (χ2v) is 7.27. The molecule has 0 aliphatic rings. The summed E-state index contributed by atoms with van der Waals surface area (Å²) >= 11 is 0. The number of rotatable bonds is 10. The van der Waals surface area contributed by atoms with Gasteiger partial charge in [0.1, 0.15) is 0 Å². The molecule has 9 N–H and O–H groups in total. The molecule has 3 rings (SSSR count). The fourth-order valence-electron chi connectivity index (χ4n) is 3.11. The summed E-state index contributed by atoms with van der Waals surface area (Å²) in [6.45, 7) is 0.639. The molecule has 0 fully saturated rings. The summed E-state index contributed by atoms with van der Waals surface area (Å²) in [5.41, 5.74) is 15.9. The largest absolute Gasteiger partial charge is 0.480 e. The quantitative estimate of drug-likeness (QED) is 0.140. The van der Waals surface area contributed by atoms with Gasteiger partial charge in [-0.2, -0.15) is 4.98 Å².